The maximum atomic E-state index is 13.1. The summed E-state index contributed by atoms with van der Waals surface area (Å²) in [5.74, 6) is -1.57. The molecular formula is C24H16BrClN2O4. The number of hydrogen-bond acceptors (Lipinski definition) is 4. The second-order valence-electron chi connectivity index (χ2n) is 7.09. The number of rotatable bonds is 4. The zero-order chi connectivity index (χ0) is 22.8. The van der Waals surface area contributed by atoms with Crippen molar-refractivity contribution in [2.75, 3.05) is 4.90 Å². The SMILES string of the molecule is O=C1NC(=O)N(c2ccc(O)cc2)C(=O)/C1=C/c1cc(Cl)ccc1Cc1ccccc1Br. The standard InChI is InChI=1S/C24H16BrClN2O4/c25-21-4-2-1-3-15(21)11-14-5-6-17(26)12-16(14)13-20-22(30)27-24(32)28(23(20)31)18-7-9-19(29)10-8-18/h1-10,12-13,29H,11H2,(H,27,30,32)/b20-13+. The van der Waals surface area contributed by atoms with Crippen LogP contribution in [0.3, 0.4) is 0 Å². The number of halogens is 2. The summed E-state index contributed by atoms with van der Waals surface area (Å²) in [5.41, 5.74) is 2.49. The highest BCUT2D eigenvalue weighted by molar-refractivity contribution is 9.10. The van der Waals surface area contributed by atoms with E-state index in [9.17, 15) is 19.5 Å². The Morgan fingerprint density at radius 3 is 2.41 bits per heavy atom. The predicted octanol–water partition coefficient (Wildman–Crippen LogP) is 5.07. The molecule has 0 aromatic heterocycles. The molecule has 6 nitrogen and oxygen atoms in total. The number of phenolic OH excluding ortho intramolecular Hbond substituents is 1. The van der Waals surface area contributed by atoms with Gasteiger partial charge in [-0.2, -0.15) is 0 Å². The molecule has 4 rings (SSSR count). The van der Waals surface area contributed by atoms with Crippen molar-refractivity contribution >= 4 is 57.1 Å². The molecule has 0 unspecified atom stereocenters. The Hall–Kier alpha value is -3.42. The van der Waals surface area contributed by atoms with Crippen LogP contribution in [0.4, 0.5) is 10.5 Å². The number of hydrogen-bond donors (Lipinski definition) is 2. The molecule has 4 amide bonds. The van der Waals surface area contributed by atoms with Gasteiger partial charge in [0.2, 0.25) is 0 Å². The number of phenols is 1. The quantitative estimate of drug-likeness (QED) is 0.378. The minimum Gasteiger partial charge on any atom is -0.508 e. The lowest BCUT2D eigenvalue weighted by Crippen LogP contribution is -2.54. The van der Waals surface area contributed by atoms with Gasteiger partial charge in [0.1, 0.15) is 11.3 Å². The summed E-state index contributed by atoms with van der Waals surface area (Å²) in [6, 6.07) is 17.7. The maximum Gasteiger partial charge on any atom is 0.335 e. The molecule has 0 saturated carbocycles. The first-order chi connectivity index (χ1) is 15.3. The Balaban J connectivity index is 1.75. The van der Waals surface area contributed by atoms with Crippen LogP contribution in [0.2, 0.25) is 5.02 Å². The van der Waals surface area contributed by atoms with Crippen LogP contribution in [0.5, 0.6) is 5.75 Å². The first-order valence-corrected chi connectivity index (χ1v) is 10.7. The topological polar surface area (TPSA) is 86.7 Å². The normalized spacial score (nSPS) is 15.2. The number of nitrogens with one attached hydrogen (secondary N) is 1. The Kier molecular flexibility index (Phi) is 6.12. The van der Waals surface area contributed by atoms with E-state index in [4.69, 9.17) is 11.6 Å². The van der Waals surface area contributed by atoms with Gasteiger partial charge < -0.3 is 5.11 Å². The summed E-state index contributed by atoms with van der Waals surface area (Å²) >= 11 is 9.73. The van der Waals surface area contributed by atoms with Crippen molar-refractivity contribution in [1.82, 2.24) is 5.32 Å². The fraction of sp³-hybridized carbons (Fsp3) is 0.0417. The average Bonchev–Trinajstić information content (AvgIpc) is 2.75. The maximum absolute atomic E-state index is 13.1. The number of benzene rings is 3. The van der Waals surface area contributed by atoms with Crippen LogP contribution in [-0.2, 0) is 16.0 Å². The molecule has 1 saturated heterocycles. The summed E-state index contributed by atoms with van der Waals surface area (Å²) < 4.78 is 0.934. The highest BCUT2D eigenvalue weighted by Crippen LogP contribution is 2.27. The third-order valence-electron chi connectivity index (χ3n) is 4.96. The van der Waals surface area contributed by atoms with Crippen LogP contribution >= 0.6 is 27.5 Å². The van der Waals surface area contributed by atoms with Crippen molar-refractivity contribution in [1.29, 1.82) is 0 Å². The minimum atomic E-state index is -0.859. The molecule has 0 radical (unpaired) electrons. The van der Waals surface area contributed by atoms with Crippen LogP contribution in [0.15, 0.2) is 76.8 Å². The lowest BCUT2D eigenvalue weighted by atomic mass is 9.97. The van der Waals surface area contributed by atoms with Gasteiger partial charge >= 0.3 is 6.03 Å². The smallest absolute Gasteiger partial charge is 0.335 e. The Morgan fingerprint density at radius 2 is 1.69 bits per heavy atom. The summed E-state index contributed by atoms with van der Waals surface area (Å²) in [7, 11) is 0. The fourth-order valence-corrected chi connectivity index (χ4v) is 3.96. The zero-order valence-electron chi connectivity index (χ0n) is 16.5. The molecule has 0 bridgehead atoms. The Labute approximate surface area is 197 Å². The monoisotopic (exact) mass is 510 g/mol. The molecule has 8 heteroatoms. The van der Waals surface area contributed by atoms with Gasteiger partial charge in [0.15, 0.2) is 0 Å². The molecule has 0 spiro atoms. The summed E-state index contributed by atoms with van der Waals surface area (Å²) in [6.07, 6.45) is 1.98. The second kappa shape index (κ2) is 8.98. The molecule has 1 aliphatic rings. The van der Waals surface area contributed by atoms with Crippen LogP contribution in [0.25, 0.3) is 6.08 Å². The molecule has 0 aliphatic carbocycles. The van der Waals surface area contributed by atoms with Gasteiger partial charge in [-0.25, -0.2) is 9.69 Å². The van der Waals surface area contributed by atoms with Crippen molar-refractivity contribution in [2.24, 2.45) is 0 Å². The summed E-state index contributed by atoms with van der Waals surface area (Å²) in [6.45, 7) is 0. The van der Waals surface area contributed by atoms with E-state index in [1.807, 2.05) is 30.3 Å². The summed E-state index contributed by atoms with van der Waals surface area (Å²) in [4.78, 5) is 38.9. The molecule has 0 atom stereocenters. The number of amides is 4. The van der Waals surface area contributed by atoms with Crippen LogP contribution in [-0.4, -0.2) is 23.0 Å². The van der Waals surface area contributed by atoms with Gasteiger partial charge in [-0.15, -0.1) is 0 Å². The highest BCUT2D eigenvalue weighted by atomic mass is 79.9. The van der Waals surface area contributed by atoms with Gasteiger partial charge in [0.05, 0.1) is 5.69 Å². The number of anilines is 1. The van der Waals surface area contributed by atoms with Crippen molar-refractivity contribution in [2.45, 2.75) is 6.42 Å². The fourth-order valence-electron chi connectivity index (χ4n) is 3.36. The van der Waals surface area contributed by atoms with E-state index >= 15 is 0 Å². The number of urea groups is 1. The van der Waals surface area contributed by atoms with E-state index in [1.165, 1.54) is 30.3 Å². The lowest BCUT2D eigenvalue weighted by Gasteiger charge is -2.26. The minimum absolute atomic E-state index is 0.0129. The number of barbiturate groups is 1. The molecule has 2 N–H and O–H groups in total. The predicted molar refractivity (Wildman–Crippen MR) is 126 cm³/mol. The van der Waals surface area contributed by atoms with Gasteiger partial charge in [0, 0.05) is 9.50 Å². The van der Waals surface area contributed by atoms with Crippen molar-refractivity contribution < 1.29 is 19.5 Å². The number of carbonyl (C=O) groups excluding carboxylic acids is 3. The van der Waals surface area contributed by atoms with Crippen molar-refractivity contribution in [3.8, 4) is 5.75 Å². The number of carbonyl (C=O) groups is 3. The first-order valence-electron chi connectivity index (χ1n) is 9.56. The van der Waals surface area contributed by atoms with E-state index in [1.54, 1.807) is 12.1 Å². The second-order valence-corrected chi connectivity index (χ2v) is 8.38. The van der Waals surface area contributed by atoms with E-state index in [-0.39, 0.29) is 17.0 Å². The Bertz CT molecular complexity index is 1270. The van der Waals surface area contributed by atoms with Crippen molar-refractivity contribution in [3.05, 3.63) is 98.5 Å². The molecular weight excluding hydrogens is 496 g/mol. The number of aromatic hydroxyl groups is 1. The van der Waals surface area contributed by atoms with E-state index in [0.29, 0.717) is 17.0 Å². The third-order valence-corrected chi connectivity index (χ3v) is 5.96. The largest absolute Gasteiger partial charge is 0.508 e. The van der Waals surface area contributed by atoms with Gasteiger partial charge in [0.25, 0.3) is 11.8 Å². The third kappa shape index (κ3) is 4.44. The highest BCUT2D eigenvalue weighted by Gasteiger charge is 2.36. The van der Waals surface area contributed by atoms with Gasteiger partial charge in [-0.05, 0) is 71.7 Å². The average molecular weight is 512 g/mol. The van der Waals surface area contributed by atoms with E-state index < -0.39 is 17.8 Å². The van der Waals surface area contributed by atoms with Gasteiger partial charge in [-0.1, -0.05) is 51.8 Å². The number of imide groups is 2. The number of nitrogens with zero attached hydrogens (tertiary/aromatic N) is 1. The Morgan fingerprint density at radius 1 is 0.969 bits per heavy atom. The zero-order valence-corrected chi connectivity index (χ0v) is 18.9. The van der Waals surface area contributed by atoms with Crippen LogP contribution in [0, 0.1) is 0 Å². The van der Waals surface area contributed by atoms with Crippen LogP contribution < -0.4 is 10.2 Å². The lowest BCUT2D eigenvalue weighted by molar-refractivity contribution is -0.122. The first kappa shape index (κ1) is 21.8. The molecule has 1 heterocycles. The van der Waals surface area contributed by atoms with Gasteiger partial charge in [-0.3, -0.25) is 14.9 Å². The molecule has 32 heavy (non-hydrogen) atoms. The van der Waals surface area contributed by atoms with Crippen LogP contribution in [0.1, 0.15) is 16.7 Å². The van der Waals surface area contributed by atoms with Crippen molar-refractivity contribution in [3.63, 3.8) is 0 Å². The molecule has 3 aromatic rings. The van der Waals surface area contributed by atoms with E-state index in [2.05, 4.69) is 21.2 Å². The summed E-state index contributed by atoms with van der Waals surface area (Å²) in [5, 5.41) is 12.1. The molecule has 160 valence electrons. The van der Waals surface area contributed by atoms with E-state index in [0.717, 1.165) is 20.5 Å². The molecule has 3 aromatic carbocycles. The molecule has 1 aliphatic heterocycles. The molecule has 1 fully saturated rings.